The van der Waals surface area contributed by atoms with Gasteiger partial charge in [-0.25, -0.2) is 4.79 Å². The second kappa shape index (κ2) is 14.0. The summed E-state index contributed by atoms with van der Waals surface area (Å²) in [5.74, 6) is -1.51. The fourth-order valence-electron chi connectivity index (χ4n) is 4.30. The van der Waals surface area contributed by atoms with E-state index in [0.29, 0.717) is 11.1 Å². The normalized spacial score (nSPS) is 18.3. The van der Waals surface area contributed by atoms with Crippen LogP contribution in [0.4, 0.5) is 5.69 Å². The van der Waals surface area contributed by atoms with Crippen molar-refractivity contribution in [3.8, 4) is 0 Å². The van der Waals surface area contributed by atoms with Crippen LogP contribution in [0.5, 0.6) is 0 Å². The molecule has 2 amide bonds. The highest BCUT2D eigenvalue weighted by Gasteiger charge is 2.55. The topological polar surface area (TPSA) is 140 Å². The maximum atomic E-state index is 13.7. The Kier molecular flexibility index (Phi) is 11.1. The maximum absolute atomic E-state index is 13.7. The molecule has 2 aromatic carbocycles. The molecule has 11 nitrogen and oxygen atoms in total. The zero-order valence-corrected chi connectivity index (χ0v) is 28.4. The zero-order valence-electron chi connectivity index (χ0n) is 25.6. The van der Waals surface area contributed by atoms with Crippen molar-refractivity contribution >= 4 is 52.1 Å². The molecule has 0 spiro atoms. The number of nitrogens with one attached hydrogen (secondary N) is 2. The number of amides is 2. The minimum atomic E-state index is -2.07. The van der Waals surface area contributed by atoms with E-state index in [1.165, 1.54) is 29.2 Å². The van der Waals surface area contributed by atoms with Crippen molar-refractivity contribution in [2.45, 2.75) is 76.3 Å². The number of esters is 1. The molecule has 0 aromatic heterocycles. The van der Waals surface area contributed by atoms with Gasteiger partial charge in [-0.2, -0.15) is 0 Å². The summed E-state index contributed by atoms with van der Waals surface area (Å²) in [5.41, 5.74) is 1.64. The summed E-state index contributed by atoms with van der Waals surface area (Å²) in [6, 6.07) is 12.3. The first kappa shape index (κ1) is 34.2. The van der Waals surface area contributed by atoms with Crippen molar-refractivity contribution in [2.24, 2.45) is 0 Å². The van der Waals surface area contributed by atoms with Gasteiger partial charge in [0.05, 0.1) is 4.92 Å². The Balaban J connectivity index is 1.82. The molecule has 2 N–H and O–H groups in total. The van der Waals surface area contributed by atoms with Crippen molar-refractivity contribution in [1.29, 1.82) is 0 Å². The van der Waals surface area contributed by atoms with E-state index in [1.807, 2.05) is 50.0 Å². The van der Waals surface area contributed by atoms with Crippen LogP contribution in [0.15, 0.2) is 66.7 Å². The van der Waals surface area contributed by atoms with Gasteiger partial charge in [0.2, 0.25) is 20.1 Å². The van der Waals surface area contributed by atoms with E-state index < -0.39 is 56.9 Å². The number of hydrogen-bond donors (Lipinski definition) is 2. The van der Waals surface area contributed by atoms with Crippen molar-refractivity contribution in [3.63, 3.8) is 0 Å². The van der Waals surface area contributed by atoms with Crippen molar-refractivity contribution in [1.82, 2.24) is 15.2 Å². The predicted molar refractivity (Wildman–Crippen MR) is 172 cm³/mol. The van der Waals surface area contributed by atoms with Crippen LogP contribution in [0.3, 0.4) is 0 Å². The van der Waals surface area contributed by atoms with Gasteiger partial charge in [0, 0.05) is 24.2 Å². The monoisotopic (exact) mass is 644 g/mol. The second-order valence-corrected chi connectivity index (χ2v) is 22.8. The molecule has 3 rings (SSSR count). The Labute approximate surface area is 259 Å². The standard InChI is InChI=1S/C29H40N4O7SSi2/c1-19(2)25(29(36)39-18-20-14-16-22(17-15-20)33(37)38)32-27(35)24(28(32)41-40-43(6,7)8)30-26(34)23(31-42(3,4)5)21-12-10-9-11-13-21/h9-17,23-25,28,31H,1,18H2,2-8H3,(H,30,34). The zero-order chi connectivity index (χ0) is 32.1. The number of hydrogen-bond acceptors (Lipinski definition) is 9. The number of nitro groups is 1. The summed E-state index contributed by atoms with van der Waals surface area (Å²) in [7, 11) is -4.00. The molecule has 4 unspecified atom stereocenters. The molecule has 232 valence electrons. The van der Waals surface area contributed by atoms with Crippen molar-refractivity contribution < 1.29 is 27.9 Å². The summed E-state index contributed by atoms with van der Waals surface area (Å²) in [6.07, 6.45) is 0. The molecule has 43 heavy (non-hydrogen) atoms. The average molecular weight is 645 g/mol. The highest BCUT2D eigenvalue weighted by molar-refractivity contribution is 7.96. The number of carbonyl (C=O) groups excluding carboxylic acids is 3. The molecule has 1 heterocycles. The highest BCUT2D eigenvalue weighted by atomic mass is 32.2. The minimum absolute atomic E-state index is 0.0778. The molecule has 0 radical (unpaired) electrons. The lowest BCUT2D eigenvalue weighted by Crippen LogP contribution is -2.73. The second-order valence-electron chi connectivity index (χ2n) is 12.4. The van der Waals surface area contributed by atoms with Gasteiger partial charge in [0.1, 0.15) is 32.3 Å². The summed E-state index contributed by atoms with van der Waals surface area (Å²) in [5, 5.41) is 13.1. The van der Waals surface area contributed by atoms with Crippen molar-refractivity contribution in [3.05, 3.63) is 88.0 Å². The summed E-state index contributed by atoms with van der Waals surface area (Å²) < 4.78 is 11.6. The van der Waals surface area contributed by atoms with Crippen LogP contribution >= 0.6 is 12.0 Å². The third-order valence-corrected chi connectivity index (χ3v) is 10.5. The number of carbonyl (C=O) groups is 3. The first-order valence-corrected chi connectivity index (χ1v) is 21.5. The van der Waals surface area contributed by atoms with Gasteiger partial charge in [-0.15, -0.1) is 0 Å². The van der Waals surface area contributed by atoms with E-state index in [9.17, 15) is 24.5 Å². The van der Waals surface area contributed by atoms with E-state index in [0.717, 1.165) is 17.6 Å². The highest BCUT2D eigenvalue weighted by Crippen LogP contribution is 2.37. The summed E-state index contributed by atoms with van der Waals surface area (Å²) >= 11 is 1.06. The third kappa shape index (κ3) is 9.34. The molecule has 0 bridgehead atoms. The Hall–Kier alpha value is -3.31. The van der Waals surface area contributed by atoms with Gasteiger partial charge >= 0.3 is 5.97 Å². The minimum Gasteiger partial charge on any atom is -0.459 e. The molecule has 1 aliphatic rings. The number of likely N-dealkylation sites (tertiary alicyclic amines) is 1. The van der Waals surface area contributed by atoms with E-state index in [4.69, 9.17) is 8.61 Å². The van der Waals surface area contributed by atoms with Gasteiger partial charge in [0.25, 0.3) is 5.69 Å². The number of nitrogens with zero attached hydrogens (tertiary/aromatic N) is 2. The smallest absolute Gasteiger partial charge is 0.333 e. The largest absolute Gasteiger partial charge is 0.459 e. The van der Waals surface area contributed by atoms with Gasteiger partial charge < -0.3 is 23.8 Å². The van der Waals surface area contributed by atoms with Gasteiger partial charge in [-0.05, 0) is 55.4 Å². The Morgan fingerprint density at radius 1 is 1.07 bits per heavy atom. The van der Waals surface area contributed by atoms with Crippen LogP contribution in [-0.2, 0) is 29.6 Å². The molecular formula is C29H40N4O7SSi2. The lowest BCUT2D eigenvalue weighted by atomic mass is 9.98. The summed E-state index contributed by atoms with van der Waals surface area (Å²) in [6.45, 7) is 17.7. The molecule has 1 aliphatic heterocycles. The number of benzene rings is 2. The fraction of sp³-hybridized carbons (Fsp3) is 0.414. The van der Waals surface area contributed by atoms with Crippen LogP contribution in [0.1, 0.15) is 24.1 Å². The number of β-lactam (4-membered cyclic amide) rings is 1. The average Bonchev–Trinajstić information content (AvgIpc) is 2.92. The lowest BCUT2D eigenvalue weighted by molar-refractivity contribution is -0.384. The Bertz CT molecular complexity index is 1350. The van der Waals surface area contributed by atoms with Gasteiger partial charge in [-0.1, -0.05) is 56.6 Å². The Morgan fingerprint density at radius 2 is 1.67 bits per heavy atom. The molecular weight excluding hydrogens is 605 g/mol. The van der Waals surface area contributed by atoms with E-state index in [-0.39, 0.29) is 18.2 Å². The van der Waals surface area contributed by atoms with E-state index >= 15 is 0 Å². The number of nitro benzene ring substituents is 1. The molecule has 2 aromatic rings. The van der Waals surface area contributed by atoms with Crippen molar-refractivity contribution in [2.75, 3.05) is 0 Å². The number of ether oxygens (including phenoxy) is 1. The lowest BCUT2D eigenvalue weighted by Gasteiger charge is -2.49. The maximum Gasteiger partial charge on any atom is 0.333 e. The molecule has 0 aliphatic carbocycles. The van der Waals surface area contributed by atoms with Crippen LogP contribution in [0, 0.1) is 10.1 Å². The van der Waals surface area contributed by atoms with Gasteiger partial charge in [-0.3, -0.25) is 19.7 Å². The van der Waals surface area contributed by atoms with Crippen LogP contribution in [-0.4, -0.2) is 61.6 Å². The number of rotatable bonds is 14. The molecule has 14 heteroatoms. The predicted octanol–water partition coefficient (Wildman–Crippen LogP) is 4.90. The third-order valence-electron chi connectivity index (χ3n) is 6.24. The Morgan fingerprint density at radius 3 is 2.19 bits per heavy atom. The van der Waals surface area contributed by atoms with Crippen LogP contribution < -0.4 is 10.3 Å². The molecule has 1 fully saturated rings. The first-order chi connectivity index (χ1) is 20.0. The summed E-state index contributed by atoms with van der Waals surface area (Å²) in [4.78, 5) is 55.9. The van der Waals surface area contributed by atoms with Gasteiger partial charge in [0.15, 0.2) is 6.04 Å². The van der Waals surface area contributed by atoms with E-state index in [1.54, 1.807) is 6.92 Å². The first-order valence-electron chi connectivity index (χ1n) is 13.8. The SMILES string of the molecule is C=C(C)C(C(=O)OCc1ccc([N+](=O)[O-])cc1)N1C(=O)C(NC(=O)C(N[Si](C)(C)C)c2ccccc2)C1SO[Si](C)(C)C. The quantitative estimate of drug-likeness (QED) is 0.0559. The molecule has 1 saturated heterocycles. The molecule has 0 saturated carbocycles. The number of non-ortho nitro benzene ring substituents is 1. The molecule has 4 atom stereocenters. The van der Waals surface area contributed by atoms with E-state index in [2.05, 4.69) is 36.5 Å². The van der Waals surface area contributed by atoms with Crippen LogP contribution in [0.2, 0.25) is 39.3 Å². The van der Waals surface area contributed by atoms with Crippen LogP contribution in [0.25, 0.3) is 0 Å². The fourth-order valence-corrected chi connectivity index (χ4v) is 7.63.